The third-order valence-electron chi connectivity index (χ3n) is 2.58. The first-order valence-electron chi connectivity index (χ1n) is 5.65. The van der Waals surface area contributed by atoms with E-state index in [4.69, 9.17) is 4.84 Å². The normalized spacial score (nSPS) is 10.2. The first-order valence-corrected chi connectivity index (χ1v) is 5.65. The van der Waals surface area contributed by atoms with E-state index in [0.717, 1.165) is 10.6 Å². The zero-order valence-electron chi connectivity index (χ0n) is 10.4. The summed E-state index contributed by atoms with van der Waals surface area (Å²) in [7, 11) is 1.50. The standard InChI is InChI=1S/C13H13N3O3/c1-16(19-9-10-6-14-15-7-10)13(18)12-5-3-2-4-11(12)8-17/h2-8H,9H2,1H3,(H,14,15). The Morgan fingerprint density at radius 1 is 1.47 bits per heavy atom. The fraction of sp³-hybridized carbons (Fsp3) is 0.154. The Morgan fingerprint density at radius 3 is 2.95 bits per heavy atom. The average Bonchev–Trinajstić information content (AvgIpc) is 2.97. The molecule has 1 heterocycles. The second kappa shape index (κ2) is 5.92. The number of hydroxylamine groups is 2. The molecule has 0 saturated carbocycles. The number of carbonyl (C=O) groups is 2. The van der Waals surface area contributed by atoms with Crippen LogP contribution in [0.15, 0.2) is 36.7 Å². The summed E-state index contributed by atoms with van der Waals surface area (Å²) in [5, 5.41) is 7.54. The number of amides is 1. The SMILES string of the molecule is CN(OCc1cn[nH]c1)C(=O)c1ccccc1C=O. The van der Waals surface area contributed by atoms with Crippen molar-refractivity contribution in [1.82, 2.24) is 15.3 Å². The molecule has 0 aliphatic rings. The van der Waals surface area contributed by atoms with Crippen molar-refractivity contribution in [3.63, 3.8) is 0 Å². The largest absolute Gasteiger partial charge is 0.298 e. The van der Waals surface area contributed by atoms with Crippen LogP contribution in [0.25, 0.3) is 0 Å². The lowest BCUT2D eigenvalue weighted by molar-refractivity contribution is -0.116. The fourth-order valence-corrected chi connectivity index (χ4v) is 1.55. The number of nitrogens with zero attached hydrogens (tertiary/aromatic N) is 2. The monoisotopic (exact) mass is 259 g/mol. The van der Waals surface area contributed by atoms with Gasteiger partial charge in [-0.15, -0.1) is 0 Å². The van der Waals surface area contributed by atoms with Crippen molar-refractivity contribution < 1.29 is 14.4 Å². The molecule has 6 heteroatoms. The number of aldehydes is 1. The lowest BCUT2D eigenvalue weighted by Crippen LogP contribution is -2.27. The van der Waals surface area contributed by atoms with Gasteiger partial charge in [-0.25, -0.2) is 5.06 Å². The molecule has 1 N–H and O–H groups in total. The van der Waals surface area contributed by atoms with Crippen LogP contribution in [-0.2, 0) is 11.4 Å². The first-order chi connectivity index (χ1) is 9.22. The summed E-state index contributed by atoms with van der Waals surface area (Å²) in [4.78, 5) is 28.3. The number of carbonyl (C=O) groups excluding carboxylic acids is 2. The van der Waals surface area contributed by atoms with Crippen molar-refractivity contribution >= 4 is 12.2 Å². The lowest BCUT2D eigenvalue weighted by atomic mass is 10.1. The van der Waals surface area contributed by atoms with E-state index in [-0.39, 0.29) is 12.5 Å². The van der Waals surface area contributed by atoms with Crippen molar-refractivity contribution in [2.75, 3.05) is 7.05 Å². The van der Waals surface area contributed by atoms with E-state index in [1.165, 1.54) is 7.05 Å². The average molecular weight is 259 g/mol. The summed E-state index contributed by atoms with van der Waals surface area (Å²) < 4.78 is 0. The molecule has 1 aromatic carbocycles. The highest BCUT2D eigenvalue weighted by Crippen LogP contribution is 2.10. The van der Waals surface area contributed by atoms with Crippen LogP contribution in [0.5, 0.6) is 0 Å². The fourth-order valence-electron chi connectivity index (χ4n) is 1.55. The van der Waals surface area contributed by atoms with Gasteiger partial charge in [0.1, 0.15) is 6.61 Å². The van der Waals surface area contributed by atoms with E-state index in [9.17, 15) is 9.59 Å². The van der Waals surface area contributed by atoms with Gasteiger partial charge < -0.3 is 0 Å². The van der Waals surface area contributed by atoms with Gasteiger partial charge in [0.15, 0.2) is 6.29 Å². The number of aromatic nitrogens is 2. The van der Waals surface area contributed by atoms with Crippen LogP contribution in [0, 0.1) is 0 Å². The Balaban J connectivity index is 2.04. The molecule has 0 bridgehead atoms. The molecule has 6 nitrogen and oxygen atoms in total. The Hall–Kier alpha value is -2.47. The van der Waals surface area contributed by atoms with Crippen LogP contribution < -0.4 is 0 Å². The Bertz CT molecular complexity index is 566. The van der Waals surface area contributed by atoms with Crippen molar-refractivity contribution in [3.05, 3.63) is 53.3 Å². The quantitative estimate of drug-likeness (QED) is 0.651. The van der Waals surface area contributed by atoms with Crippen LogP contribution in [0.1, 0.15) is 26.3 Å². The molecule has 0 spiro atoms. The molecule has 0 saturated heterocycles. The molecule has 0 atom stereocenters. The van der Waals surface area contributed by atoms with Gasteiger partial charge in [-0.1, -0.05) is 18.2 Å². The molecule has 98 valence electrons. The minimum atomic E-state index is -0.369. The predicted molar refractivity (Wildman–Crippen MR) is 67.3 cm³/mol. The molecule has 0 fully saturated rings. The number of rotatable bonds is 5. The zero-order chi connectivity index (χ0) is 13.7. The van der Waals surface area contributed by atoms with Crippen molar-refractivity contribution in [3.8, 4) is 0 Å². The van der Waals surface area contributed by atoms with E-state index < -0.39 is 0 Å². The molecule has 1 amide bonds. The molecule has 2 rings (SSSR count). The van der Waals surface area contributed by atoms with Crippen molar-refractivity contribution in [2.24, 2.45) is 0 Å². The molecule has 1 aromatic heterocycles. The highest BCUT2D eigenvalue weighted by molar-refractivity contribution is 6.00. The van der Waals surface area contributed by atoms with Crippen molar-refractivity contribution in [2.45, 2.75) is 6.61 Å². The molecule has 19 heavy (non-hydrogen) atoms. The number of hydrogen-bond donors (Lipinski definition) is 1. The van der Waals surface area contributed by atoms with Gasteiger partial charge in [0.25, 0.3) is 5.91 Å². The van der Waals surface area contributed by atoms with Crippen LogP contribution in [0.3, 0.4) is 0 Å². The molecule has 0 radical (unpaired) electrons. The lowest BCUT2D eigenvalue weighted by Gasteiger charge is -2.17. The van der Waals surface area contributed by atoms with Gasteiger partial charge in [-0.3, -0.25) is 19.5 Å². The molecular formula is C13H13N3O3. The highest BCUT2D eigenvalue weighted by Gasteiger charge is 2.15. The number of nitrogens with one attached hydrogen (secondary N) is 1. The number of benzene rings is 1. The van der Waals surface area contributed by atoms with E-state index in [0.29, 0.717) is 17.4 Å². The van der Waals surface area contributed by atoms with E-state index >= 15 is 0 Å². The summed E-state index contributed by atoms with van der Waals surface area (Å²) in [6.45, 7) is 0.224. The second-order valence-electron chi connectivity index (χ2n) is 3.89. The third kappa shape index (κ3) is 3.05. The van der Waals surface area contributed by atoms with Crippen LogP contribution in [0.4, 0.5) is 0 Å². The Kier molecular flexibility index (Phi) is 4.04. The number of hydrogen-bond acceptors (Lipinski definition) is 4. The maximum atomic E-state index is 12.1. The minimum Gasteiger partial charge on any atom is -0.298 e. The van der Waals surface area contributed by atoms with E-state index in [1.807, 2.05) is 0 Å². The summed E-state index contributed by atoms with van der Waals surface area (Å²) in [6.07, 6.45) is 3.94. The second-order valence-corrected chi connectivity index (χ2v) is 3.89. The topological polar surface area (TPSA) is 75.3 Å². The van der Waals surface area contributed by atoms with Gasteiger partial charge in [0.05, 0.1) is 11.8 Å². The molecule has 0 aliphatic carbocycles. The zero-order valence-corrected chi connectivity index (χ0v) is 10.4. The van der Waals surface area contributed by atoms with E-state index in [2.05, 4.69) is 10.2 Å². The number of aromatic amines is 1. The van der Waals surface area contributed by atoms with Gasteiger partial charge >= 0.3 is 0 Å². The van der Waals surface area contributed by atoms with Gasteiger partial charge in [0.2, 0.25) is 0 Å². The maximum absolute atomic E-state index is 12.1. The molecule has 2 aromatic rings. The van der Waals surface area contributed by atoms with Crippen LogP contribution in [0.2, 0.25) is 0 Å². The molecule has 0 unspecified atom stereocenters. The first kappa shape index (κ1) is 13.0. The summed E-state index contributed by atoms with van der Waals surface area (Å²) in [5.41, 5.74) is 1.47. The van der Waals surface area contributed by atoms with Crippen LogP contribution >= 0.6 is 0 Å². The van der Waals surface area contributed by atoms with Gasteiger partial charge in [0, 0.05) is 24.4 Å². The number of H-pyrrole nitrogens is 1. The van der Waals surface area contributed by atoms with Gasteiger partial charge in [-0.05, 0) is 6.07 Å². The maximum Gasteiger partial charge on any atom is 0.277 e. The van der Waals surface area contributed by atoms with Crippen molar-refractivity contribution in [1.29, 1.82) is 0 Å². The van der Waals surface area contributed by atoms with Gasteiger partial charge in [-0.2, -0.15) is 5.10 Å². The summed E-state index contributed by atoms with van der Waals surface area (Å²) >= 11 is 0. The molecular weight excluding hydrogens is 246 g/mol. The third-order valence-corrected chi connectivity index (χ3v) is 2.58. The van der Waals surface area contributed by atoms with Crippen LogP contribution in [-0.4, -0.2) is 34.5 Å². The van der Waals surface area contributed by atoms with E-state index in [1.54, 1.807) is 36.7 Å². The highest BCUT2D eigenvalue weighted by atomic mass is 16.7. The summed E-state index contributed by atoms with van der Waals surface area (Å²) in [6, 6.07) is 6.57. The predicted octanol–water partition coefficient (Wildman–Crippen LogP) is 1.43. The Morgan fingerprint density at radius 2 is 2.26 bits per heavy atom. The minimum absolute atomic E-state index is 0.224. The Labute approximate surface area is 109 Å². The molecule has 0 aliphatic heterocycles. The summed E-state index contributed by atoms with van der Waals surface area (Å²) in [5.74, 6) is -0.369. The smallest absolute Gasteiger partial charge is 0.277 e.